The first-order valence-electron chi connectivity index (χ1n) is 7.43. The minimum Gasteiger partial charge on any atom is -0.371 e. The van der Waals surface area contributed by atoms with E-state index in [2.05, 4.69) is 16.5 Å². The van der Waals surface area contributed by atoms with E-state index in [1.165, 1.54) is 7.05 Å². The van der Waals surface area contributed by atoms with Crippen molar-refractivity contribution in [1.82, 2.24) is 9.62 Å². The van der Waals surface area contributed by atoms with Gasteiger partial charge in [0.2, 0.25) is 10.0 Å². The van der Waals surface area contributed by atoms with Crippen molar-refractivity contribution < 1.29 is 13.2 Å². The number of hydrogen-bond donors (Lipinski definition) is 1. The van der Waals surface area contributed by atoms with E-state index in [0.29, 0.717) is 18.1 Å². The fourth-order valence-electron chi connectivity index (χ4n) is 2.59. The van der Waals surface area contributed by atoms with Crippen LogP contribution in [0.1, 0.15) is 25.0 Å². The molecule has 2 rings (SSSR count). The third-order valence-corrected chi connectivity index (χ3v) is 5.64. The lowest BCUT2D eigenvalue weighted by Crippen LogP contribution is -2.45. The zero-order valence-electron chi connectivity index (χ0n) is 13.0. The number of nitrogens with zero attached hydrogens (tertiary/aromatic N) is 1. The molecule has 1 heterocycles. The molecular formula is C15H23ClN2O3S. The highest BCUT2D eigenvalue weighted by molar-refractivity contribution is 7.89. The van der Waals surface area contributed by atoms with Crippen molar-refractivity contribution in [2.24, 2.45) is 0 Å². The van der Waals surface area contributed by atoms with E-state index in [4.69, 9.17) is 16.3 Å². The third-order valence-electron chi connectivity index (χ3n) is 3.95. The quantitative estimate of drug-likeness (QED) is 0.856. The topological polar surface area (TPSA) is 58.6 Å². The zero-order chi connectivity index (χ0) is 16.2. The number of benzene rings is 1. The summed E-state index contributed by atoms with van der Waals surface area (Å²) in [6.45, 7) is 4.22. The van der Waals surface area contributed by atoms with Gasteiger partial charge in [-0.05, 0) is 44.6 Å². The van der Waals surface area contributed by atoms with Crippen LogP contribution in [0.5, 0.6) is 0 Å². The van der Waals surface area contributed by atoms with Crippen LogP contribution in [0.4, 0.5) is 0 Å². The van der Waals surface area contributed by atoms with E-state index in [1.54, 1.807) is 0 Å². The molecule has 0 radical (unpaired) electrons. The van der Waals surface area contributed by atoms with Crippen LogP contribution in [0.25, 0.3) is 0 Å². The van der Waals surface area contributed by atoms with Crippen LogP contribution in [0, 0.1) is 0 Å². The van der Waals surface area contributed by atoms with E-state index in [0.717, 1.165) is 18.7 Å². The van der Waals surface area contributed by atoms with Gasteiger partial charge in [-0.25, -0.2) is 13.1 Å². The molecule has 5 nitrogen and oxygen atoms in total. The molecule has 7 heteroatoms. The molecule has 0 saturated carbocycles. The molecule has 1 fully saturated rings. The molecule has 2 atom stereocenters. The average Bonchev–Trinajstić information content (AvgIpc) is 2.49. The highest BCUT2D eigenvalue weighted by Gasteiger charge is 2.27. The second-order valence-electron chi connectivity index (χ2n) is 5.60. The predicted octanol–water partition coefficient (Wildman–Crippen LogP) is 2.04. The minimum absolute atomic E-state index is 0.0178. The van der Waals surface area contributed by atoms with Crippen molar-refractivity contribution in [3.63, 3.8) is 0 Å². The summed E-state index contributed by atoms with van der Waals surface area (Å²) in [6.07, 6.45) is 0.589. The SMILES string of the molecule is CNS(=O)(=O)CCCN1C[C@@H](c2cccc(Cl)c2)OC[C@H]1C. The molecule has 1 N–H and O–H groups in total. The van der Waals surface area contributed by atoms with Crippen LogP contribution >= 0.6 is 11.6 Å². The summed E-state index contributed by atoms with van der Waals surface area (Å²) in [7, 11) is -1.69. The number of ether oxygens (including phenoxy) is 1. The second kappa shape index (κ2) is 7.75. The summed E-state index contributed by atoms with van der Waals surface area (Å²) in [6, 6.07) is 7.98. The molecule has 1 saturated heterocycles. The first-order valence-corrected chi connectivity index (χ1v) is 9.46. The molecule has 22 heavy (non-hydrogen) atoms. The van der Waals surface area contributed by atoms with Crippen molar-refractivity contribution in [2.75, 3.05) is 32.5 Å². The van der Waals surface area contributed by atoms with Gasteiger partial charge in [0.15, 0.2) is 0 Å². The van der Waals surface area contributed by atoms with Gasteiger partial charge >= 0.3 is 0 Å². The monoisotopic (exact) mass is 346 g/mol. The Balaban J connectivity index is 1.94. The summed E-state index contributed by atoms with van der Waals surface area (Å²) in [5.41, 5.74) is 1.06. The molecule has 124 valence electrons. The van der Waals surface area contributed by atoms with Gasteiger partial charge in [0.05, 0.1) is 18.5 Å². The molecule has 1 aliphatic rings. The largest absolute Gasteiger partial charge is 0.371 e. The Morgan fingerprint density at radius 1 is 1.45 bits per heavy atom. The van der Waals surface area contributed by atoms with Crippen molar-refractivity contribution in [3.05, 3.63) is 34.9 Å². The van der Waals surface area contributed by atoms with Gasteiger partial charge in [-0.15, -0.1) is 0 Å². The number of hydrogen-bond acceptors (Lipinski definition) is 4. The van der Waals surface area contributed by atoms with Crippen LogP contribution in [0.2, 0.25) is 5.02 Å². The molecule has 0 amide bonds. The first kappa shape index (κ1) is 17.7. The van der Waals surface area contributed by atoms with Gasteiger partial charge < -0.3 is 4.74 Å². The molecule has 1 aromatic carbocycles. The Kier molecular flexibility index (Phi) is 6.23. The highest BCUT2D eigenvalue weighted by Crippen LogP contribution is 2.26. The summed E-state index contributed by atoms with van der Waals surface area (Å²) in [5.74, 6) is 0.148. The van der Waals surface area contributed by atoms with Crippen molar-refractivity contribution in [1.29, 1.82) is 0 Å². The van der Waals surface area contributed by atoms with Crippen LogP contribution in [-0.4, -0.2) is 51.9 Å². The van der Waals surface area contributed by atoms with E-state index in [9.17, 15) is 8.42 Å². The maximum absolute atomic E-state index is 11.5. The van der Waals surface area contributed by atoms with Gasteiger partial charge in [0.1, 0.15) is 0 Å². The minimum atomic E-state index is -3.13. The van der Waals surface area contributed by atoms with E-state index in [1.807, 2.05) is 24.3 Å². The van der Waals surface area contributed by atoms with Crippen LogP contribution in [0.15, 0.2) is 24.3 Å². The molecule has 1 aromatic rings. The Hall–Kier alpha value is -0.660. The smallest absolute Gasteiger partial charge is 0.211 e. The van der Waals surface area contributed by atoms with E-state index in [-0.39, 0.29) is 17.9 Å². The average molecular weight is 347 g/mol. The van der Waals surface area contributed by atoms with Crippen molar-refractivity contribution in [3.8, 4) is 0 Å². The van der Waals surface area contributed by atoms with Crippen LogP contribution in [-0.2, 0) is 14.8 Å². The Bertz CT molecular complexity index is 594. The molecule has 0 unspecified atom stereocenters. The normalized spacial score (nSPS) is 23.6. The van der Waals surface area contributed by atoms with E-state index >= 15 is 0 Å². The highest BCUT2D eigenvalue weighted by atomic mass is 35.5. The number of nitrogens with one attached hydrogen (secondary N) is 1. The summed E-state index contributed by atoms with van der Waals surface area (Å²) in [4.78, 5) is 2.28. The number of morpholine rings is 1. The van der Waals surface area contributed by atoms with Gasteiger partial charge in [-0.1, -0.05) is 23.7 Å². The Labute approximate surface area is 137 Å². The van der Waals surface area contributed by atoms with Gasteiger partial charge in [0, 0.05) is 17.6 Å². The Morgan fingerprint density at radius 3 is 2.91 bits per heavy atom. The molecule has 0 bridgehead atoms. The number of rotatable bonds is 6. The molecule has 0 spiro atoms. The van der Waals surface area contributed by atoms with Crippen molar-refractivity contribution in [2.45, 2.75) is 25.5 Å². The molecular weight excluding hydrogens is 324 g/mol. The number of sulfonamides is 1. The Morgan fingerprint density at radius 2 is 2.23 bits per heavy atom. The fourth-order valence-corrected chi connectivity index (χ4v) is 3.50. The van der Waals surface area contributed by atoms with Gasteiger partial charge in [0.25, 0.3) is 0 Å². The molecule has 0 aliphatic carbocycles. The lowest BCUT2D eigenvalue weighted by Gasteiger charge is -2.38. The maximum Gasteiger partial charge on any atom is 0.211 e. The van der Waals surface area contributed by atoms with Gasteiger partial charge in [-0.2, -0.15) is 0 Å². The molecule has 0 aromatic heterocycles. The second-order valence-corrected chi connectivity index (χ2v) is 8.08. The number of halogens is 1. The third kappa shape index (κ3) is 4.93. The van der Waals surface area contributed by atoms with Crippen molar-refractivity contribution >= 4 is 21.6 Å². The van der Waals surface area contributed by atoms with Crippen LogP contribution < -0.4 is 4.72 Å². The fraction of sp³-hybridized carbons (Fsp3) is 0.600. The van der Waals surface area contributed by atoms with Gasteiger partial charge in [-0.3, -0.25) is 4.90 Å². The zero-order valence-corrected chi connectivity index (χ0v) is 14.5. The summed E-state index contributed by atoms with van der Waals surface area (Å²) >= 11 is 6.04. The predicted molar refractivity (Wildman–Crippen MR) is 88.6 cm³/mol. The molecule has 1 aliphatic heterocycles. The lowest BCUT2D eigenvalue weighted by atomic mass is 10.1. The van der Waals surface area contributed by atoms with E-state index < -0.39 is 10.0 Å². The first-order chi connectivity index (χ1) is 10.4. The van der Waals surface area contributed by atoms with Crippen LogP contribution in [0.3, 0.4) is 0 Å². The lowest BCUT2D eigenvalue weighted by molar-refractivity contribution is -0.0597. The standard InChI is InChI=1S/C15H23ClN2O3S/c1-12-11-21-15(13-5-3-6-14(16)9-13)10-18(12)7-4-8-22(19,20)17-2/h3,5-6,9,12,15,17H,4,7-8,10-11H2,1-2H3/t12-,15+/m1/s1. The summed E-state index contributed by atoms with van der Waals surface area (Å²) < 4.78 is 31.2. The summed E-state index contributed by atoms with van der Waals surface area (Å²) in [5, 5.41) is 0.700. The maximum atomic E-state index is 11.5.